The zero-order valence-corrected chi connectivity index (χ0v) is 40.0. The van der Waals surface area contributed by atoms with Crippen molar-refractivity contribution < 1.29 is 33.4 Å². The molecular weight excluding hydrogens is 897 g/mol. The molecule has 5 aromatic rings. The number of terminal acetylenes is 1. The monoisotopic (exact) mass is 957 g/mol. The zero-order valence-electron chi connectivity index (χ0n) is 40.0. The van der Waals surface area contributed by atoms with Gasteiger partial charge in [-0.3, -0.25) is 9.59 Å². The molecule has 0 aliphatic carbocycles. The first-order valence-electron chi connectivity index (χ1n) is 24.3. The van der Waals surface area contributed by atoms with Gasteiger partial charge in [-0.1, -0.05) is 51.0 Å². The van der Waals surface area contributed by atoms with Crippen LogP contribution >= 0.6 is 0 Å². The number of rotatable bonds is 10. The first kappa shape index (κ1) is 48.3. The molecule has 3 fully saturated rings. The lowest BCUT2D eigenvalue weighted by Crippen LogP contribution is -2.60. The molecule has 0 unspecified atom stereocenters. The highest BCUT2D eigenvalue weighted by Gasteiger charge is 2.46. The average molecular weight is 958 g/mol. The number of aromatic nitrogens is 5. The Bertz CT molecular complexity index is 2740. The predicted molar refractivity (Wildman–Crippen MR) is 260 cm³/mol. The summed E-state index contributed by atoms with van der Waals surface area (Å²) in [5.41, 5.74) is 4.21. The van der Waals surface area contributed by atoms with Crippen molar-refractivity contribution in [2.24, 2.45) is 5.41 Å². The highest BCUT2D eigenvalue weighted by Crippen LogP contribution is 2.42. The van der Waals surface area contributed by atoms with Gasteiger partial charge in [-0.25, -0.2) is 23.5 Å². The fourth-order valence-corrected chi connectivity index (χ4v) is 10.8. The summed E-state index contributed by atoms with van der Waals surface area (Å²) < 4.78 is 30.2. The molecule has 16 nitrogen and oxygen atoms in total. The van der Waals surface area contributed by atoms with E-state index in [0.717, 1.165) is 55.5 Å². The van der Waals surface area contributed by atoms with Gasteiger partial charge in [0.05, 0.1) is 17.8 Å². The van der Waals surface area contributed by atoms with Crippen molar-refractivity contribution in [1.82, 2.24) is 50.5 Å². The van der Waals surface area contributed by atoms with Crippen molar-refractivity contribution >= 4 is 34.8 Å². The first-order chi connectivity index (χ1) is 33.6. The van der Waals surface area contributed by atoms with Crippen molar-refractivity contribution in [1.29, 1.82) is 0 Å². The standard InChI is InChI=1S/C52H61F2N11O5/c1-6-31-11-13-32(14-12-31)30(2)57-48(68)41-25-36(66)29-65(41)49(69)45(52(3,4)5)59-51(70)63-22-17-35(18-23-63)62-20-15-33(16-21-62)34-27-55-50(56-28-34)64-24-19-39-43(44(64)46(53)54)38-26-40(60-61-47(38)58-39)37-9-7-8-10-42(37)67/h1,7-14,26-28,30,33,35-36,41,44-46,66-67H,15-25,29H2,2-5H3,(H,57,68)(H,58,61)(H,59,70)/t30-,36+,41-,44-,45+/m0/s1. The van der Waals surface area contributed by atoms with Gasteiger partial charge >= 0.3 is 6.03 Å². The van der Waals surface area contributed by atoms with Gasteiger partial charge in [0.1, 0.15) is 23.9 Å². The van der Waals surface area contributed by atoms with Gasteiger partial charge < -0.3 is 45.4 Å². The molecule has 7 heterocycles. The number of para-hydroxylation sites is 1. The van der Waals surface area contributed by atoms with Crippen LogP contribution < -0.4 is 15.5 Å². The van der Waals surface area contributed by atoms with E-state index in [-0.39, 0.29) is 61.1 Å². The smallest absolute Gasteiger partial charge is 0.318 e. The Morgan fingerprint density at radius 2 is 1.63 bits per heavy atom. The predicted octanol–water partition coefficient (Wildman–Crippen LogP) is 6.08. The maximum atomic E-state index is 15.1. The van der Waals surface area contributed by atoms with Crippen LogP contribution in [0, 0.1) is 17.8 Å². The number of fused-ring (bicyclic) bond motifs is 3. The minimum absolute atomic E-state index is 0.0136. The van der Waals surface area contributed by atoms with Crippen LogP contribution in [0.4, 0.5) is 19.5 Å². The molecule has 368 valence electrons. The number of likely N-dealkylation sites (tertiary alicyclic amines) is 3. The molecular formula is C52H61F2N11O5. The molecule has 4 aliphatic rings. The molecule has 5 N–H and O–H groups in total. The number of halogens is 2. The number of aromatic hydroxyl groups is 1. The number of phenolic OH excluding ortho intramolecular Hbond substituents is 1. The number of H-pyrrole nitrogens is 1. The van der Waals surface area contributed by atoms with Crippen molar-refractivity contribution in [3.05, 3.63) is 94.9 Å². The molecule has 9 rings (SSSR count). The Hall–Kier alpha value is -6.71. The first-order valence-corrected chi connectivity index (χ1v) is 24.3. The van der Waals surface area contributed by atoms with E-state index in [2.05, 4.69) is 46.6 Å². The van der Waals surface area contributed by atoms with Crippen LogP contribution in [0.15, 0.2) is 67.0 Å². The number of phenols is 1. The number of hydrogen-bond donors (Lipinski definition) is 5. The maximum absolute atomic E-state index is 15.1. The average Bonchev–Trinajstić information content (AvgIpc) is 3.95. The third kappa shape index (κ3) is 9.86. The second-order valence-electron chi connectivity index (χ2n) is 20.2. The number of anilines is 1. The molecule has 18 heteroatoms. The molecule has 0 radical (unpaired) electrons. The van der Waals surface area contributed by atoms with Gasteiger partial charge in [0, 0.05) is 85.2 Å². The number of piperidine rings is 2. The van der Waals surface area contributed by atoms with Crippen molar-refractivity contribution in [2.75, 3.05) is 44.2 Å². The summed E-state index contributed by atoms with van der Waals surface area (Å²) in [6.07, 6.45) is 9.27. The number of β-amino-alcohol motifs (C(OH)–C–C–N with tert-alkyl or cyclic N) is 1. The summed E-state index contributed by atoms with van der Waals surface area (Å²) in [4.78, 5) is 61.5. The molecule has 0 bridgehead atoms. The minimum Gasteiger partial charge on any atom is -0.507 e. The van der Waals surface area contributed by atoms with Crippen LogP contribution in [0.25, 0.3) is 22.3 Å². The van der Waals surface area contributed by atoms with Gasteiger partial charge in [-0.15, -0.1) is 16.6 Å². The van der Waals surface area contributed by atoms with E-state index in [1.165, 1.54) is 4.90 Å². The molecule has 0 saturated carbocycles. The van der Waals surface area contributed by atoms with Crippen LogP contribution in [0.2, 0.25) is 0 Å². The summed E-state index contributed by atoms with van der Waals surface area (Å²) in [5, 5.41) is 36.2. The van der Waals surface area contributed by atoms with E-state index in [1.807, 2.05) is 39.8 Å². The lowest BCUT2D eigenvalue weighted by atomic mass is 9.85. The van der Waals surface area contributed by atoms with Gasteiger partial charge in [0.15, 0.2) is 5.65 Å². The summed E-state index contributed by atoms with van der Waals surface area (Å²) in [7, 11) is 0. The zero-order chi connectivity index (χ0) is 49.4. The molecule has 4 aliphatic heterocycles. The van der Waals surface area contributed by atoms with Crippen LogP contribution in [-0.4, -0.2) is 138 Å². The molecule has 5 atom stereocenters. The number of aliphatic hydroxyl groups excluding tert-OH is 1. The normalized spacial score (nSPS) is 21.4. The lowest BCUT2D eigenvalue weighted by Gasteiger charge is -2.42. The van der Waals surface area contributed by atoms with E-state index in [1.54, 1.807) is 64.7 Å². The van der Waals surface area contributed by atoms with Crippen LogP contribution in [0.1, 0.15) is 106 Å². The topological polar surface area (TPSA) is 196 Å². The number of aromatic amines is 1. The number of carbonyl (C=O) groups is 3. The van der Waals surface area contributed by atoms with E-state index in [9.17, 15) is 24.6 Å². The summed E-state index contributed by atoms with van der Waals surface area (Å²) >= 11 is 0. The molecule has 3 saturated heterocycles. The highest BCUT2D eigenvalue weighted by molar-refractivity contribution is 5.93. The summed E-state index contributed by atoms with van der Waals surface area (Å²) in [6.45, 7) is 10.5. The number of amides is 4. The van der Waals surface area contributed by atoms with Crippen molar-refractivity contribution in [2.45, 2.75) is 115 Å². The largest absolute Gasteiger partial charge is 0.507 e. The van der Waals surface area contributed by atoms with E-state index in [4.69, 9.17) is 6.42 Å². The Morgan fingerprint density at radius 1 is 0.929 bits per heavy atom. The molecule has 70 heavy (non-hydrogen) atoms. The Kier molecular flexibility index (Phi) is 13.8. The molecule has 0 spiro atoms. The van der Waals surface area contributed by atoms with Gasteiger partial charge in [-0.2, -0.15) is 0 Å². The number of aliphatic hydroxyl groups is 1. The Balaban J connectivity index is 0.778. The van der Waals surface area contributed by atoms with Crippen LogP contribution in [0.3, 0.4) is 0 Å². The SMILES string of the molecule is C#Cc1ccc([C@H](C)NC(=O)[C@@H]2C[C@@H](O)CN2C(=O)[C@@H](NC(=O)N2CCC(N3CCC(c4cnc(N5CCc6[nH]c7nnc(-c8ccccc8O)cc7c6[C@H]5C(F)F)nc4)CC3)CC2)C(C)(C)C)cc1. The number of carbonyl (C=O) groups excluding carboxylic acids is 3. The maximum Gasteiger partial charge on any atom is 0.318 e. The number of hydrogen-bond acceptors (Lipinski definition) is 11. The fraction of sp³-hybridized carbons (Fsp3) is 0.481. The van der Waals surface area contributed by atoms with Crippen molar-refractivity contribution in [3.8, 4) is 29.4 Å². The Labute approximate surface area is 406 Å². The quantitative estimate of drug-likeness (QED) is 0.102. The second kappa shape index (κ2) is 20.0. The highest BCUT2D eigenvalue weighted by atomic mass is 19.3. The second-order valence-corrected chi connectivity index (χ2v) is 20.2. The molecule has 3 aromatic heterocycles. The van der Waals surface area contributed by atoms with E-state index < -0.39 is 42.0 Å². The number of nitrogens with zero attached hydrogens (tertiary/aromatic N) is 8. The summed E-state index contributed by atoms with van der Waals surface area (Å²) in [5.74, 6) is 2.26. The van der Waals surface area contributed by atoms with Crippen LogP contribution in [0.5, 0.6) is 5.75 Å². The molecule has 2 aromatic carbocycles. The third-order valence-corrected chi connectivity index (χ3v) is 14.7. The lowest BCUT2D eigenvalue weighted by molar-refractivity contribution is -0.142. The van der Waals surface area contributed by atoms with Gasteiger partial charge in [-0.05, 0) is 98.5 Å². The fourth-order valence-electron chi connectivity index (χ4n) is 10.8. The number of urea groups is 1. The van der Waals surface area contributed by atoms with Gasteiger partial charge in [0.25, 0.3) is 6.43 Å². The van der Waals surface area contributed by atoms with Crippen molar-refractivity contribution in [3.63, 3.8) is 0 Å². The Morgan fingerprint density at radius 3 is 2.29 bits per heavy atom. The number of alkyl halides is 2. The van der Waals surface area contributed by atoms with Crippen LogP contribution in [-0.2, 0) is 16.0 Å². The minimum atomic E-state index is -2.75. The van der Waals surface area contributed by atoms with E-state index in [0.29, 0.717) is 53.1 Å². The van der Waals surface area contributed by atoms with E-state index >= 15 is 8.78 Å². The van der Waals surface area contributed by atoms with Gasteiger partial charge in [0.2, 0.25) is 17.8 Å². The number of nitrogens with one attached hydrogen (secondary N) is 3. The summed E-state index contributed by atoms with van der Waals surface area (Å²) in [6, 6.07) is 12.1. The number of benzene rings is 2. The third-order valence-electron chi connectivity index (χ3n) is 14.7. The molecule has 4 amide bonds.